The van der Waals surface area contributed by atoms with Crippen LogP contribution >= 0.6 is 0 Å². The lowest BCUT2D eigenvalue weighted by atomic mass is 9.94. The number of hydrogen-bond donors (Lipinski definition) is 3. The van der Waals surface area contributed by atoms with Crippen molar-refractivity contribution in [2.45, 2.75) is 18.7 Å². The van der Waals surface area contributed by atoms with Gasteiger partial charge in [0.05, 0.1) is 16.9 Å². The second-order valence-corrected chi connectivity index (χ2v) is 9.60. The van der Waals surface area contributed by atoms with Crippen molar-refractivity contribution in [2.24, 2.45) is 5.10 Å². The first-order valence-corrected chi connectivity index (χ1v) is 12.6. The van der Waals surface area contributed by atoms with Crippen molar-refractivity contribution in [3.63, 3.8) is 0 Å². The summed E-state index contributed by atoms with van der Waals surface area (Å²) in [4.78, 5) is 26.3. The molecule has 3 N–H and O–H groups in total. The number of carboxylic acid groups (broad SMARTS) is 1. The molecule has 0 saturated carbocycles. The third-order valence-electron chi connectivity index (χ3n) is 7.18. The van der Waals surface area contributed by atoms with Crippen molar-refractivity contribution >= 4 is 34.7 Å². The lowest BCUT2D eigenvalue weighted by molar-refractivity contribution is -0.269. The van der Waals surface area contributed by atoms with Crippen molar-refractivity contribution < 1.29 is 37.7 Å². The Morgan fingerprint density at radius 2 is 1.60 bits per heavy atom. The van der Waals surface area contributed by atoms with E-state index in [0.717, 1.165) is 14.0 Å². The largest absolute Gasteiger partial charge is 0.505 e. The Morgan fingerprint density at radius 3 is 2.26 bits per heavy atom. The summed E-state index contributed by atoms with van der Waals surface area (Å²) in [6.07, 6.45) is -4.66. The molecule has 8 nitrogen and oxygen atoms in total. The number of ether oxygens (including phenoxy) is 1. The van der Waals surface area contributed by atoms with Crippen LogP contribution in [0.2, 0.25) is 0 Å². The number of alkyl halides is 3. The number of hydrogen-bond acceptors (Lipinski definition) is 6. The molecular weight excluding hydrogens is 551 g/mol. The molecule has 0 aromatic heterocycles. The topological polar surface area (TPSA) is 111 Å². The molecule has 0 bridgehead atoms. The van der Waals surface area contributed by atoms with Crippen LogP contribution in [-0.2, 0) is 15.1 Å². The zero-order chi connectivity index (χ0) is 30.2. The fourth-order valence-corrected chi connectivity index (χ4v) is 4.69. The molecule has 4 aromatic carbocycles. The molecule has 1 atom stereocenters. The smallest absolute Gasteiger partial charge is 0.421 e. The first-order chi connectivity index (χ1) is 20.0. The van der Waals surface area contributed by atoms with Crippen molar-refractivity contribution in [3.05, 3.63) is 108 Å². The van der Waals surface area contributed by atoms with Gasteiger partial charge in [-0.15, -0.1) is 0 Å². The Balaban J connectivity index is 1.47. The standard InChI is InChI=1S/C31H24F3N3O5/c1-30(42-2,31(32,33)34)20-13-15-21(16-14-20)37-25-12-4-3-9-23(25)26(28(37)39)36-35-24-11-6-10-22(27(24)38)18-7-5-8-19(17-18)29(40)41/h3-17,35,38H,1-2H3,(H,40,41)/b36-26-. The third-order valence-corrected chi connectivity index (χ3v) is 7.18. The molecule has 214 valence electrons. The summed E-state index contributed by atoms with van der Waals surface area (Å²) in [5, 5.41) is 24.5. The van der Waals surface area contributed by atoms with E-state index in [1.165, 1.54) is 41.3 Å². The van der Waals surface area contributed by atoms with Gasteiger partial charge in [-0.05, 0) is 54.4 Å². The van der Waals surface area contributed by atoms with Gasteiger partial charge in [0.25, 0.3) is 5.91 Å². The van der Waals surface area contributed by atoms with E-state index >= 15 is 0 Å². The molecule has 11 heteroatoms. The lowest BCUT2D eigenvalue weighted by Gasteiger charge is -2.31. The van der Waals surface area contributed by atoms with Crippen LogP contribution in [0.4, 0.5) is 30.2 Å². The highest BCUT2D eigenvalue weighted by Gasteiger charge is 2.53. The van der Waals surface area contributed by atoms with Crippen LogP contribution in [0.15, 0.2) is 96.1 Å². The molecule has 4 aromatic rings. The first-order valence-electron chi connectivity index (χ1n) is 12.6. The Hall–Kier alpha value is -5.16. The summed E-state index contributed by atoms with van der Waals surface area (Å²) in [6, 6.07) is 23.0. The van der Waals surface area contributed by atoms with Crippen molar-refractivity contribution in [2.75, 3.05) is 17.4 Å². The molecule has 42 heavy (non-hydrogen) atoms. The molecule has 0 spiro atoms. The second-order valence-electron chi connectivity index (χ2n) is 9.60. The second kappa shape index (κ2) is 10.7. The summed E-state index contributed by atoms with van der Waals surface area (Å²) in [7, 11) is 0.984. The van der Waals surface area contributed by atoms with Crippen LogP contribution in [-0.4, -0.2) is 41.1 Å². The Labute approximate surface area is 238 Å². The molecule has 0 aliphatic carbocycles. The quantitative estimate of drug-likeness (QED) is 0.168. The zero-order valence-electron chi connectivity index (χ0n) is 22.3. The highest BCUT2D eigenvalue weighted by molar-refractivity contribution is 6.55. The van der Waals surface area contributed by atoms with E-state index in [2.05, 4.69) is 10.5 Å². The molecule has 1 heterocycles. The number of para-hydroxylation sites is 2. The number of amides is 1. The first kappa shape index (κ1) is 28.4. The van der Waals surface area contributed by atoms with Gasteiger partial charge in [-0.25, -0.2) is 4.79 Å². The maximum Gasteiger partial charge on any atom is 0.421 e. The number of methoxy groups -OCH3 is 1. The molecule has 0 fully saturated rings. The van der Waals surface area contributed by atoms with Crippen LogP contribution in [0, 0.1) is 0 Å². The minimum Gasteiger partial charge on any atom is -0.505 e. The maximum atomic E-state index is 13.7. The fraction of sp³-hybridized carbons (Fsp3) is 0.129. The van der Waals surface area contributed by atoms with Crippen LogP contribution < -0.4 is 10.3 Å². The highest BCUT2D eigenvalue weighted by Crippen LogP contribution is 2.43. The van der Waals surface area contributed by atoms with Crippen molar-refractivity contribution in [3.8, 4) is 16.9 Å². The Bertz CT molecular complexity index is 1720. The number of nitrogens with zero attached hydrogens (tertiary/aromatic N) is 2. The molecule has 5 rings (SSSR count). The number of halogens is 3. The van der Waals surface area contributed by atoms with Crippen molar-refractivity contribution in [1.82, 2.24) is 0 Å². The van der Waals surface area contributed by atoms with E-state index in [9.17, 15) is 33.0 Å². The van der Waals surface area contributed by atoms with Crippen LogP contribution in [0.1, 0.15) is 28.4 Å². The molecule has 0 saturated heterocycles. The number of hydrazone groups is 1. The predicted octanol–water partition coefficient (Wildman–Crippen LogP) is 6.68. The van der Waals surface area contributed by atoms with Gasteiger partial charge in [0.15, 0.2) is 11.3 Å². The molecule has 1 aliphatic heterocycles. The summed E-state index contributed by atoms with van der Waals surface area (Å²) < 4.78 is 45.8. The average molecular weight is 576 g/mol. The average Bonchev–Trinajstić information content (AvgIpc) is 3.26. The molecule has 1 unspecified atom stereocenters. The molecular formula is C31H24F3N3O5. The third kappa shape index (κ3) is 4.83. The molecule has 0 radical (unpaired) electrons. The van der Waals surface area contributed by atoms with Crippen LogP contribution in [0.25, 0.3) is 11.1 Å². The number of phenols is 1. The number of carboxylic acids is 1. The summed E-state index contributed by atoms with van der Waals surface area (Å²) in [5.74, 6) is -1.85. The number of nitrogens with one attached hydrogen (secondary N) is 1. The minimum atomic E-state index is -4.66. The normalized spacial score (nSPS) is 15.4. The van der Waals surface area contributed by atoms with Gasteiger partial charge in [0.2, 0.25) is 0 Å². The van der Waals surface area contributed by atoms with Gasteiger partial charge in [0, 0.05) is 23.9 Å². The van der Waals surface area contributed by atoms with Crippen LogP contribution in [0.3, 0.4) is 0 Å². The zero-order valence-corrected chi connectivity index (χ0v) is 22.3. The van der Waals surface area contributed by atoms with Gasteiger partial charge >= 0.3 is 12.1 Å². The van der Waals surface area contributed by atoms with Gasteiger partial charge in [-0.1, -0.05) is 54.6 Å². The van der Waals surface area contributed by atoms with Crippen LogP contribution in [0.5, 0.6) is 5.75 Å². The van der Waals surface area contributed by atoms with E-state index in [0.29, 0.717) is 28.1 Å². The molecule has 1 aliphatic rings. The summed E-state index contributed by atoms with van der Waals surface area (Å²) >= 11 is 0. The number of benzene rings is 4. The summed E-state index contributed by atoms with van der Waals surface area (Å²) in [6.45, 7) is 0.933. The summed E-state index contributed by atoms with van der Waals surface area (Å²) in [5.41, 5.74) is 2.41. The minimum absolute atomic E-state index is 0.0179. The van der Waals surface area contributed by atoms with Crippen molar-refractivity contribution in [1.29, 1.82) is 0 Å². The molecule has 1 amide bonds. The van der Waals surface area contributed by atoms with E-state index in [4.69, 9.17) is 4.74 Å². The number of carbonyl (C=O) groups is 2. The Morgan fingerprint density at radius 1 is 0.929 bits per heavy atom. The maximum absolute atomic E-state index is 13.7. The number of aromatic carboxylic acids is 1. The monoisotopic (exact) mass is 575 g/mol. The van der Waals surface area contributed by atoms with E-state index in [-0.39, 0.29) is 28.3 Å². The van der Waals surface area contributed by atoms with Gasteiger partial charge in [-0.2, -0.15) is 18.3 Å². The predicted molar refractivity (Wildman–Crippen MR) is 151 cm³/mol. The number of phenolic OH excluding ortho intramolecular Hbond substituents is 1. The van der Waals surface area contributed by atoms with E-state index in [1.807, 2.05) is 0 Å². The SMILES string of the molecule is COC(C)(c1ccc(N2C(=O)/C(=N\Nc3cccc(-c4cccc(C(=O)O)c4)c3O)c3ccccc32)cc1)C(F)(F)F. The number of aromatic hydroxyl groups is 1. The van der Waals surface area contributed by atoms with Gasteiger partial charge in [0.1, 0.15) is 5.75 Å². The number of fused-ring (bicyclic) bond motifs is 1. The van der Waals surface area contributed by atoms with E-state index in [1.54, 1.807) is 54.6 Å². The van der Waals surface area contributed by atoms with Gasteiger partial charge < -0.3 is 14.9 Å². The van der Waals surface area contributed by atoms with Gasteiger partial charge in [-0.3, -0.25) is 15.1 Å². The highest BCUT2D eigenvalue weighted by atomic mass is 19.4. The number of carbonyl (C=O) groups excluding carboxylic acids is 1. The Kier molecular flexibility index (Phi) is 7.21. The van der Waals surface area contributed by atoms with E-state index < -0.39 is 23.7 Å². The fourth-order valence-electron chi connectivity index (χ4n) is 4.69. The lowest BCUT2D eigenvalue weighted by Crippen LogP contribution is -2.41. The number of anilines is 3. The number of rotatable bonds is 7.